The smallest absolute Gasteiger partial charge is 0.234 e. The third kappa shape index (κ3) is 3.87. The van der Waals surface area contributed by atoms with Gasteiger partial charge in [-0.1, -0.05) is 68.4 Å². The van der Waals surface area contributed by atoms with E-state index in [1.54, 1.807) is 0 Å². The lowest BCUT2D eigenvalue weighted by Crippen LogP contribution is -2.13. The maximum Gasteiger partial charge on any atom is 0.234 e. The number of aliphatic hydroxyl groups excluding tert-OH is 1. The lowest BCUT2D eigenvalue weighted by molar-refractivity contribution is 0.172. The average molecular weight is 388 g/mol. The highest BCUT2D eigenvalue weighted by Gasteiger charge is 2.23. The van der Waals surface area contributed by atoms with Gasteiger partial charge in [0, 0.05) is 23.7 Å². The topological polar surface area (TPSA) is 68.4 Å². The Morgan fingerprint density at radius 3 is 2.45 bits per heavy atom. The average Bonchev–Trinajstić information content (AvgIpc) is 3.18. The molecule has 0 aliphatic carbocycles. The Labute approximate surface area is 170 Å². The zero-order valence-electron chi connectivity index (χ0n) is 16.6. The molecule has 5 heteroatoms. The first-order chi connectivity index (χ1) is 14.2. The molecule has 0 saturated heterocycles. The molecule has 0 bridgehead atoms. The molecule has 2 heterocycles. The van der Waals surface area contributed by atoms with Crippen molar-refractivity contribution in [1.29, 1.82) is 0 Å². The highest BCUT2D eigenvalue weighted by molar-refractivity contribution is 6.03. The molecule has 4 rings (SSSR count). The van der Waals surface area contributed by atoms with E-state index in [4.69, 9.17) is 9.15 Å². The molecular formula is C24H24N2O3. The fourth-order valence-electron chi connectivity index (χ4n) is 3.27. The van der Waals surface area contributed by atoms with E-state index in [2.05, 4.69) is 41.2 Å². The predicted molar refractivity (Wildman–Crippen MR) is 114 cm³/mol. The Kier molecular flexibility index (Phi) is 5.58. The van der Waals surface area contributed by atoms with Gasteiger partial charge in [0.2, 0.25) is 11.6 Å². The normalized spacial score (nSPS) is 12.2. The first-order valence-corrected chi connectivity index (χ1v) is 9.87. The summed E-state index contributed by atoms with van der Waals surface area (Å²) in [4.78, 5) is 8.71. The van der Waals surface area contributed by atoms with Crippen LogP contribution >= 0.6 is 0 Å². The molecular weight excluding hydrogens is 364 g/mol. The molecule has 148 valence electrons. The minimum atomic E-state index is 0.00722. The van der Waals surface area contributed by atoms with Crippen LogP contribution in [-0.4, -0.2) is 28.3 Å². The molecule has 0 spiro atoms. The standard InChI is InChI=1S/C24H24N2O3/c1-3-17-9-11-18(12-10-17)20-21-23(28-14-16(2)13-27)25-15-26-24(21)29-22(20)19-7-5-4-6-8-19/h4-12,15-16,27H,3,13-14H2,1-2H3. The van der Waals surface area contributed by atoms with Crippen LogP contribution in [0.25, 0.3) is 33.6 Å². The summed E-state index contributed by atoms with van der Waals surface area (Å²) in [7, 11) is 0. The SMILES string of the molecule is CCc1ccc(-c2c(-c3ccccc3)oc3ncnc(OCC(C)CO)c23)cc1. The number of benzene rings is 2. The lowest BCUT2D eigenvalue weighted by atomic mass is 9.98. The van der Waals surface area contributed by atoms with Crippen LogP contribution in [0.1, 0.15) is 19.4 Å². The number of aliphatic hydroxyl groups is 1. The summed E-state index contributed by atoms with van der Waals surface area (Å²) in [5, 5.41) is 10.1. The number of rotatable bonds is 7. The van der Waals surface area contributed by atoms with Crippen molar-refractivity contribution in [3.05, 3.63) is 66.5 Å². The largest absolute Gasteiger partial charge is 0.477 e. The summed E-state index contributed by atoms with van der Waals surface area (Å²) in [6.07, 6.45) is 2.43. The maximum absolute atomic E-state index is 9.33. The summed E-state index contributed by atoms with van der Waals surface area (Å²) < 4.78 is 12.1. The third-order valence-corrected chi connectivity index (χ3v) is 4.96. The molecule has 0 amide bonds. The van der Waals surface area contributed by atoms with E-state index >= 15 is 0 Å². The zero-order chi connectivity index (χ0) is 20.2. The van der Waals surface area contributed by atoms with Crippen molar-refractivity contribution in [3.8, 4) is 28.3 Å². The van der Waals surface area contributed by atoms with E-state index < -0.39 is 0 Å². The number of nitrogens with zero attached hydrogens (tertiary/aromatic N) is 2. The fraction of sp³-hybridized carbons (Fsp3) is 0.250. The van der Waals surface area contributed by atoms with Gasteiger partial charge in [-0.2, -0.15) is 0 Å². The fourth-order valence-corrected chi connectivity index (χ4v) is 3.27. The van der Waals surface area contributed by atoms with E-state index in [0.717, 1.165) is 34.3 Å². The summed E-state index contributed by atoms with van der Waals surface area (Å²) in [6.45, 7) is 4.48. The van der Waals surface area contributed by atoms with Gasteiger partial charge < -0.3 is 14.3 Å². The van der Waals surface area contributed by atoms with Gasteiger partial charge in [-0.25, -0.2) is 9.97 Å². The molecule has 2 aromatic heterocycles. The van der Waals surface area contributed by atoms with E-state index in [9.17, 15) is 5.11 Å². The number of aromatic nitrogens is 2. The molecule has 2 aromatic carbocycles. The second kappa shape index (κ2) is 8.45. The molecule has 0 fully saturated rings. The van der Waals surface area contributed by atoms with Gasteiger partial charge in [-0.3, -0.25) is 0 Å². The van der Waals surface area contributed by atoms with Crippen molar-refractivity contribution >= 4 is 11.1 Å². The first kappa shape index (κ1) is 19.2. The second-order valence-electron chi connectivity index (χ2n) is 7.18. The van der Waals surface area contributed by atoms with Gasteiger partial charge in [0.25, 0.3) is 0 Å². The van der Waals surface area contributed by atoms with Crippen LogP contribution in [0, 0.1) is 5.92 Å². The van der Waals surface area contributed by atoms with E-state index in [0.29, 0.717) is 18.2 Å². The molecule has 0 radical (unpaired) electrons. The molecule has 5 nitrogen and oxygen atoms in total. The minimum absolute atomic E-state index is 0.00722. The van der Waals surface area contributed by atoms with Crippen LogP contribution in [-0.2, 0) is 6.42 Å². The number of hydrogen-bond acceptors (Lipinski definition) is 5. The molecule has 1 unspecified atom stereocenters. The first-order valence-electron chi connectivity index (χ1n) is 9.87. The van der Waals surface area contributed by atoms with Gasteiger partial charge >= 0.3 is 0 Å². The monoisotopic (exact) mass is 388 g/mol. The van der Waals surface area contributed by atoms with Crippen molar-refractivity contribution in [2.24, 2.45) is 5.92 Å². The minimum Gasteiger partial charge on any atom is -0.477 e. The Balaban J connectivity index is 1.92. The molecule has 29 heavy (non-hydrogen) atoms. The highest BCUT2D eigenvalue weighted by atomic mass is 16.5. The maximum atomic E-state index is 9.33. The van der Waals surface area contributed by atoms with Crippen LogP contribution < -0.4 is 4.74 Å². The Morgan fingerprint density at radius 1 is 1.00 bits per heavy atom. The summed E-state index contributed by atoms with van der Waals surface area (Å²) in [6, 6.07) is 18.4. The highest BCUT2D eigenvalue weighted by Crippen LogP contribution is 2.43. The molecule has 0 saturated carbocycles. The molecule has 0 aliphatic rings. The Hall–Kier alpha value is -3.18. The van der Waals surface area contributed by atoms with Crippen molar-refractivity contribution < 1.29 is 14.3 Å². The number of furan rings is 1. The number of ether oxygens (including phenoxy) is 1. The van der Waals surface area contributed by atoms with Crippen LogP contribution in [0.5, 0.6) is 5.88 Å². The summed E-state index contributed by atoms with van der Waals surface area (Å²) >= 11 is 0. The number of aryl methyl sites for hydroxylation is 1. The zero-order valence-corrected chi connectivity index (χ0v) is 16.6. The quantitative estimate of drug-likeness (QED) is 0.475. The number of hydrogen-bond donors (Lipinski definition) is 1. The van der Waals surface area contributed by atoms with Crippen LogP contribution in [0.4, 0.5) is 0 Å². The van der Waals surface area contributed by atoms with Gasteiger partial charge in [-0.15, -0.1) is 0 Å². The van der Waals surface area contributed by atoms with Gasteiger partial charge in [0.15, 0.2) is 0 Å². The van der Waals surface area contributed by atoms with Gasteiger partial charge in [-0.05, 0) is 17.5 Å². The second-order valence-corrected chi connectivity index (χ2v) is 7.18. The van der Waals surface area contributed by atoms with E-state index in [-0.39, 0.29) is 12.5 Å². The van der Waals surface area contributed by atoms with Crippen molar-refractivity contribution in [1.82, 2.24) is 9.97 Å². The van der Waals surface area contributed by atoms with Crippen LogP contribution in [0.2, 0.25) is 0 Å². The molecule has 1 atom stereocenters. The number of fused-ring (bicyclic) bond motifs is 1. The van der Waals surface area contributed by atoms with Crippen LogP contribution in [0.3, 0.4) is 0 Å². The summed E-state index contributed by atoms with van der Waals surface area (Å²) in [5.41, 5.74) is 4.66. The summed E-state index contributed by atoms with van der Waals surface area (Å²) in [5.74, 6) is 1.22. The van der Waals surface area contributed by atoms with Gasteiger partial charge in [0.05, 0.1) is 6.61 Å². The predicted octanol–water partition coefficient (Wildman–Crippen LogP) is 5.13. The molecule has 4 aromatic rings. The van der Waals surface area contributed by atoms with E-state index in [1.807, 2.05) is 37.3 Å². The Morgan fingerprint density at radius 2 is 1.76 bits per heavy atom. The third-order valence-electron chi connectivity index (χ3n) is 4.96. The van der Waals surface area contributed by atoms with Crippen LogP contribution in [0.15, 0.2) is 65.3 Å². The van der Waals surface area contributed by atoms with Crippen molar-refractivity contribution in [2.45, 2.75) is 20.3 Å². The molecule has 1 N–H and O–H groups in total. The lowest BCUT2D eigenvalue weighted by Gasteiger charge is -2.11. The molecule has 0 aliphatic heterocycles. The van der Waals surface area contributed by atoms with Gasteiger partial charge in [0.1, 0.15) is 17.5 Å². The van der Waals surface area contributed by atoms with Crippen molar-refractivity contribution in [2.75, 3.05) is 13.2 Å². The Bertz CT molecular complexity index is 1090. The van der Waals surface area contributed by atoms with E-state index in [1.165, 1.54) is 11.9 Å². The van der Waals surface area contributed by atoms with Crippen molar-refractivity contribution in [3.63, 3.8) is 0 Å².